The molecule has 37 heavy (non-hydrogen) atoms. The van der Waals surface area contributed by atoms with E-state index in [4.69, 9.17) is 26.3 Å². The molecule has 0 saturated carbocycles. The number of para-hydroxylation sites is 1. The minimum absolute atomic E-state index is 0.629. The summed E-state index contributed by atoms with van der Waals surface area (Å²) in [6.07, 6.45) is 2.51. The largest absolute Gasteiger partial charge is 0.497 e. The highest BCUT2D eigenvalue weighted by Gasteiger charge is 2.39. The third kappa shape index (κ3) is 4.09. The van der Waals surface area contributed by atoms with E-state index in [-0.39, 0.29) is 0 Å². The highest BCUT2D eigenvalue weighted by atomic mass is 35.5. The van der Waals surface area contributed by atoms with Crippen LogP contribution in [-0.2, 0) is 4.84 Å². The van der Waals surface area contributed by atoms with Crippen molar-refractivity contribution < 1.29 is 9.57 Å². The number of amidine groups is 1. The summed E-state index contributed by atoms with van der Waals surface area (Å²) in [4.78, 5) is 12.4. The number of oxime groups is 1. The van der Waals surface area contributed by atoms with Crippen molar-refractivity contribution in [1.82, 2.24) is 24.5 Å². The van der Waals surface area contributed by atoms with Gasteiger partial charge < -0.3 is 9.57 Å². The van der Waals surface area contributed by atoms with Gasteiger partial charge in [0.25, 0.3) is 0 Å². The van der Waals surface area contributed by atoms with Gasteiger partial charge in [-0.3, -0.25) is 4.90 Å². The molecule has 2 aromatic heterocycles. The predicted molar refractivity (Wildman–Crippen MR) is 141 cm³/mol. The van der Waals surface area contributed by atoms with Crippen LogP contribution in [0.5, 0.6) is 5.75 Å². The van der Waals surface area contributed by atoms with Crippen LogP contribution in [0.2, 0.25) is 5.02 Å². The van der Waals surface area contributed by atoms with Gasteiger partial charge >= 0.3 is 0 Å². The van der Waals surface area contributed by atoms with Gasteiger partial charge in [-0.05, 0) is 67.6 Å². The summed E-state index contributed by atoms with van der Waals surface area (Å²) in [6.45, 7) is 1.95. The molecule has 0 spiro atoms. The normalized spacial score (nSPS) is 14.9. The minimum Gasteiger partial charge on any atom is -0.497 e. The van der Waals surface area contributed by atoms with Crippen LogP contribution in [0, 0.1) is 6.92 Å². The van der Waals surface area contributed by atoms with E-state index in [0.29, 0.717) is 16.7 Å². The third-order valence-electron chi connectivity index (χ3n) is 6.12. The van der Waals surface area contributed by atoms with Gasteiger partial charge in [0.1, 0.15) is 18.4 Å². The van der Waals surface area contributed by atoms with E-state index in [2.05, 4.69) is 15.2 Å². The first kappa shape index (κ1) is 22.8. The highest BCUT2D eigenvalue weighted by Crippen LogP contribution is 2.40. The number of hydrogen-bond acceptors (Lipinski definition) is 7. The smallest absolute Gasteiger partial charge is 0.237 e. The summed E-state index contributed by atoms with van der Waals surface area (Å²) in [5.74, 6) is 2.10. The molecule has 0 N–H and O–H groups in total. The maximum atomic E-state index is 6.16. The summed E-state index contributed by atoms with van der Waals surface area (Å²) in [6, 6.07) is 25.1. The van der Waals surface area contributed by atoms with Crippen LogP contribution < -0.4 is 9.64 Å². The molecule has 0 radical (unpaired) electrons. The van der Waals surface area contributed by atoms with Crippen molar-refractivity contribution in [2.45, 2.75) is 13.2 Å². The van der Waals surface area contributed by atoms with E-state index in [9.17, 15) is 0 Å². The van der Waals surface area contributed by atoms with Gasteiger partial charge in [0.15, 0.2) is 11.7 Å². The number of benzene rings is 3. The number of nitrogens with zero attached hydrogens (tertiary/aromatic N) is 7. The van der Waals surface area contributed by atoms with Gasteiger partial charge in [0.05, 0.1) is 24.1 Å². The first-order valence-electron chi connectivity index (χ1n) is 11.6. The molecule has 0 bridgehead atoms. The lowest BCUT2D eigenvalue weighted by Gasteiger charge is -2.26. The number of anilines is 1. The highest BCUT2D eigenvalue weighted by molar-refractivity contribution is 6.30. The standard InChI is InChI=1S/C27H22ClN7O2/c1-18-24(26(33-17-29-16-30-33)35(31-18)22-6-4-3-5-7-22)27-34(21-12-14-23(36-2)15-13-21)25(32-37-27)19-8-10-20(28)11-9-19/h3-17,27H,1-2H3. The number of halogens is 1. The lowest BCUT2D eigenvalue weighted by Crippen LogP contribution is -2.32. The molecule has 0 aliphatic carbocycles. The Morgan fingerprint density at radius 1 is 0.919 bits per heavy atom. The van der Waals surface area contributed by atoms with Crippen LogP contribution in [0.25, 0.3) is 11.5 Å². The second-order valence-corrected chi connectivity index (χ2v) is 8.79. The van der Waals surface area contributed by atoms with Crippen molar-refractivity contribution in [3.8, 4) is 17.3 Å². The van der Waals surface area contributed by atoms with Gasteiger partial charge in [-0.2, -0.15) is 10.2 Å². The lowest BCUT2D eigenvalue weighted by atomic mass is 10.1. The second kappa shape index (κ2) is 9.44. The Balaban J connectivity index is 1.53. The van der Waals surface area contributed by atoms with E-state index in [1.54, 1.807) is 18.1 Å². The van der Waals surface area contributed by atoms with Crippen molar-refractivity contribution in [3.05, 3.63) is 113 Å². The zero-order valence-corrected chi connectivity index (χ0v) is 20.8. The molecule has 3 heterocycles. The minimum atomic E-state index is -0.629. The fraction of sp³-hybridized carbons (Fsp3) is 0.111. The molecule has 5 aromatic rings. The van der Waals surface area contributed by atoms with Crippen molar-refractivity contribution in [3.63, 3.8) is 0 Å². The molecule has 9 nitrogen and oxygen atoms in total. The second-order valence-electron chi connectivity index (χ2n) is 8.36. The number of methoxy groups -OCH3 is 1. The van der Waals surface area contributed by atoms with Gasteiger partial charge in [0, 0.05) is 16.3 Å². The Bertz CT molecular complexity index is 1550. The monoisotopic (exact) mass is 511 g/mol. The number of aromatic nitrogens is 5. The molecule has 1 aliphatic heterocycles. The third-order valence-corrected chi connectivity index (χ3v) is 6.37. The van der Waals surface area contributed by atoms with Crippen molar-refractivity contribution in [2.24, 2.45) is 5.16 Å². The van der Waals surface area contributed by atoms with E-state index >= 15 is 0 Å². The molecular formula is C27H22ClN7O2. The number of ether oxygens (including phenoxy) is 1. The van der Waals surface area contributed by atoms with Gasteiger partial charge in [-0.15, -0.1) is 0 Å². The van der Waals surface area contributed by atoms with Crippen LogP contribution >= 0.6 is 11.6 Å². The van der Waals surface area contributed by atoms with E-state index in [1.165, 1.54) is 6.33 Å². The van der Waals surface area contributed by atoms with Crippen molar-refractivity contribution >= 4 is 23.1 Å². The molecule has 184 valence electrons. The molecule has 1 atom stereocenters. The SMILES string of the molecule is COc1ccc(N2C(c3ccc(Cl)cc3)=NOC2c2c(C)nn(-c3ccccc3)c2-n2cncn2)cc1. The molecule has 0 amide bonds. The maximum absolute atomic E-state index is 6.16. The molecule has 10 heteroatoms. The zero-order chi connectivity index (χ0) is 25.4. The molecule has 0 fully saturated rings. The Morgan fingerprint density at radius 3 is 2.35 bits per heavy atom. The van der Waals surface area contributed by atoms with Crippen LogP contribution in [-0.4, -0.2) is 37.5 Å². The Kier molecular flexibility index (Phi) is 5.82. The van der Waals surface area contributed by atoms with Gasteiger partial charge in [-0.1, -0.05) is 35.0 Å². The van der Waals surface area contributed by atoms with Gasteiger partial charge in [0.2, 0.25) is 6.23 Å². The quantitative estimate of drug-likeness (QED) is 0.307. The summed E-state index contributed by atoms with van der Waals surface area (Å²) in [5.41, 5.74) is 4.19. The van der Waals surface area contributed by atoms with Crippen LogP contribution in [0.1, 0.15) is 23.0 Å². The van der Waals surface area contributed by atoms with E-state index in [0.717, 1.165) is 33.9 Å². The average molecular weight is 512 g/mol. The molecule has 1 unspecified atom stereocenters. The summed E-state index contributed by atoms with van der Waals surface area (Å²) >= 11 is 6.16. The van der Waals surface area contributed by atoms with E-state index in [1.807, 2.05) is 95.4 Å². The van der Waals surface area contributed by atoms with Crippen LogP contribution in [0.15, 0.2) is 96.7 Å². The summed E-state index contributed by atoms with van der Waals surface area (Å²) in [7, 11) is 1.64. The first-order valence-corrected chi connectivity index (χ1v) is 11.9. The average Bonchev–Trinajstić information content (AvgIpc) is 3.68. The van der Waals surface area contributed by atoms with Crippen LogP contribution in [0.3, 0.4) is 0 Å². The molecule has 3 aromatic carbocycles. The fourth-order valence-electron chi connectivity index (χ4n) is 4.38. The maximum Gasteiger partial charge on any atom is 0.237 e. The Hall–Kier alpha value is -4.63. The van der Waals surface area contributed by atoms with Crippen molar-refractivity contribution in [1.29, 1.82) is 0 Å². The predicted octanol–water partition coefficient (Wildman–Crippen LogP) is 5.32. The first-order chi connectivity index (χ1) is 18.1. The number of hydrogen-bond donors (Lipinski definition) is 0. The fourth-order valence-corrected chi connectivity index (χ4v) is 4.50. The Morgan fingerprint density at radius 2 is 1.68 bits per heavy atom. The molecule has 6 rings (SSSR count). The molecule has 1 aliphatic rings. The van der Waals surface area contributed by atoms with Crippen molar-refractivity contribution in [2.75, 3.05) is 12.0 Å². The molecular weight excluding hydrogens is 490 g/mol. The summed E-state index contributed by atoms with van der Waals surface area (Å²) < 4.78 is 8.92. The summed E-state index contributed by atoms with van der Waals surface area (Å²) in [5, 5.41) is 14.5. The zero-order valence-electron chi connectivity index (χ0n) is 20.1. The number of aryl methyl sites for hydroxylation is 1. The lowest BCUT2D eigenvalue weighted by molar-refractivity contribution is 0.0862. The number of rotatable bonds is 6. The van der Waals surface area contributed by atoms with Crippen LogP contribution in [0.4, 0.5) is 5.69 Å². The van der Waals surface area contributed by atoms with Gasteiger partial charge in [-0.25, -0.2) is 14.3 Å². The molecule has 0 saturated heterocycles. The Labute approximate surface area is 218 Å². The van der Waals surface area contributed by atoms with E-state index < -0.39 is 6.23 Å². The topological polar surface area (TPSA) is 82.6 Å².